The van der Waals surface area contributed by atoms with Crippen molar-refractivity contribution in [2.75, 3.05) is 5.32 Å². The molecule has 0 atom stereocenters. The number of carbonyl (C=O) groups is 2. The lowest BCUT2D eigenvalue weighted by molar-refractivity contribution is -0.131. The number of hydrogen-bond acceptors (Lipinski definition) is 3. The van der Waals surface area contributed by atoms with Crippen molar-refractivity contribution >= 4 is 17.5 Å². The smallest absolute Gasteiger partial charge is 0.243 e. The fourth-order valence-corrected chi connectivity index (χ4v) is 1.84. The molecule has 0 saturated heterocycles. The van der Waals surface area contributed by atoms with E-state index >= 15 is 0 Å². The van der Waals surface area contributed by atoms with Crippen LogP contribution in [-0.2, 0) is 16.1 Å². The highest BCUT2D eigenvalue weighted by Crippen LogP contribution is 2.14. The number of amides is 2. The van der Waals surface area contributed by atoms with E-state index in [1.807, 2.05) is 38.1 Å². The van der Waals surface area contributed by atoms with E-state index in [0.29, 0.717) is 12.2 Å². The summed E-state index contributed by atoms with van der Waals surface area (Å²) in [4.78, 5) is 25.1. The molecule has 0 aromatic heterocycles. The van der Waals surface area contributed by atoms with Crippen molar-refractivity contribution in [3.63, 3.8) is 0 Å². The maximum absolute atomic E-state index is 11.8. The van der Waals surface area contributed by atoms with Gasteiger partial charge in [0.15, 0.2) is 0 Å². The second-order valence-electron chi connectivity index (χ2n) is 6.11. The minimum absolute atomic E-state index is 0.0484. The first kappa shape index (κ1) is 17.2. The zero-order valence-electron chi connectivity index (χ0n) is 13.4. The van der Waals surface area contributed by atoms with E-state index in [1.165, 1.54) is 0 Å². The van der Waals surface area contributed by atoms with E-state index < -0.39 is 5.54 Å². The highest BCUT2D eigenvalue weighted by atomic mass is 16.2. The Morgan fingerprint density at radius 3 is 2.14 bits per heavy atom. The Morgan fingerprint density at radius 2 is 1.76 bits per heavy atom. The summed E-state index contributed by atoms with van der Waals surface area (Å²) in [6, 6.07) is 7.59. The maximum Gasteiger partial charge on any atom is 0.243 e. The lowest BCUT2D eigenvalue weighted by atomic mass is 10.1. The molecule has 0 radical (unpaired) electrons. The predicted molar refractivity (Wildman–Crippen MR) is 84.7 cm³/mol. The Bertz CT molecular complexity index is 501. The highest BCUT2D eigenvalue weighted by molar-refractivity contribution is 5.97. The van der Waals surface area contributed by atoms with Crippen LogP contribution in [0.3, 0.4) is 0 Å². The van der Waals surface area contributed by atoms with Crippen LogP contribution in [0.15, 0.2) is 24.3 Å². The summed E-state index contributed by atoms with van der Waals surface area (Å²) in [5.41, 5.74) is 6.53. The van der Waals surface area contributed by atoms with Gasteiger partial charge < -0.3 is 16.0 Å². The normalized spacial score (nSPS) is 11.4. The molecule has 1 aromatic rings. The number of hydrogen-bond donors (Lipinski definition) is 2. The summed E-state index contributed by atoms with van der Waals surface area (Å²) in [6.07, 6.45) is 0. The molecule has 0 unspecified atom stereocenters. The summed E-state index contributed by atoms with van der Waals surface area (Å²) in [6.45, 7) is 9.41. The molecule has 1 rings (SSSR count). The first-order chi connectivity index (χ1) is 9.61. The standard InChI is InChI=1S/C16H25N3O2/c1-11(2)19(12(3)20)10-13-6-8-14(9-7-13)18-15(21)16(4,5)17/h6-9,11H,10,17H2,1-5H3,(H,18,21). The second kappa shape index (κ2) is 6.72. The number of rotatable bonds is 5. The van der Waals surface area contributed by atoms with Crippen molar-refractivity contribution in [1.82, 2.24) is 4.90 Å². The van der Waals surface area contributed by atoms with Gasteiger partial charge in [-0.15, -0.1) is 0 Å². The lowest BCUT2D eigenvalue weighted by Gasteiger charge is -2.25. The number of nitrogens with two attached hydrogens (primary N) is 1. The molecule has 116 valence electrons. The molecular weight excluding hydrogens is 266 g/mol. The molecule has 0 aliphatic heterocycles. The fraction of sp³-hybridized carbons (Fsp3) is 0.500. The summed E-state index contributed by atoms with van der Waals surface area (Å²) < 4.78 is 0. The van der Waals surface area contributed by atoms with E-state index in [2.05, 4.69) is 5.32 Å². The number of nitrogens with one attached hydrogen (secondary N) is 1. The number of nitrogens with zero attached hydrogens (tertiary/aromatic N) is 1. The average molecular weight is 291 g/mol. The van der Waals surface area contributed by atoms with Gasteiger partial charge in [-0.05, 0) is 45.4 Å². The third-order valence-corrected chi connectivity index (χ3v) is 3.18. The molecule has 21 heavy (non-hydrogen) atoms. The zero-order valence-corrected chi connectivity index (χ0v) is 13.4. The van der Waals surface area contributed by atoms with E-state index in [0.717, 1.165) is 5.56 Å². The van der Waals surface area contributed by atoms with E-state index in [-0.39, 0.29) is 17.9 Å². The minimum Gasteiger partial charge on any atom is -0.336 e. The van der Waals surface area contributed by atoms with Crippen molar-refractivity contribution in [1.29, 1.82) is 0 Å². The molecule has 0 fully saturated rings. The molecule has 5 nitrogen and oxygen atoms in total. The summed E-state index contributed by atoms with van der Waals surface area (Å²) in [7, 11) is 0. The first-order valence-corrected chi connectivity index (χ1v) is 7.07. The monoisotopic (exact) mass is 291 g/mol. The molecular formula is C16H25N3O2. The van der Waals surface area contributed by atoms with Crippen LogP contribution in [-0.4, -0.2) is 28.3 Å². The van der Waals surface area contributed by atoms with Gasteiger partial charge in [0.1, 0.15) is 0 Å². The molecule has 0 saturated carbocycles. The second-order valence-corrected chi connectivity index (χ2v) is 6.11. The van der Waals surface area contributed by atoms with Crippen LogP contribution in [0.4, 0.5) is 5.69 Å². The highest BCUT2D eigenvalue weighted by Gasteiger charge is 2.21. The van der Waals surface area contributed by atoms with Crippen LogP contribution in [0.5, 0.6) is 0 Å². The van der Waals surface area contributed by atoms with Crippen LogP contribution in [0.25, 0.3) is 0 Å². The van der Waals surface area contributed by atoms with E-state index in [9.17, 15) is 9.59 Å². The van der Waals surface area contributed by atoms with Gasteiger partial charge >= 0.3 is 0 Å². The average Bonchev–Trinajstić information content (AvgIpc) is 2.35. The van der Waals surface area contributed by atoms with Gasteiger partial charge in [0.2, 0.25) is 11.8 Å². The summed E-state index contributed by atoms with van der Waals surface area (Å²) in [5.74, 6) is -0.185. The Morgan fingerprint density at radius 1 is 1.24 bits per heavy atom. The van der Waals surface area contributed by atoms with Gasteiger partial charge in [0, 0.05) is 25.2 Å². The SMILES string of the molecule is CC(=O)N(Cc1ccc(NC(=O)C(C)(C)N)cc1)C(C)C. The Hall–Kier alpha value is -1.88. The number of carbonyl (C=O) groups excluding carboxylic acids is 2. The van der Waals surface area contributed by atoms with Gasteiger partial charge in [0.05, 0.1) is 5.54 Å². The third-order valence-electron chi connectivity index (χ3n) is 3.18. The Labute approximate surface area is 126 Å². The van der Waals surface area contributed by atoms with Crippen molar-refractivity contribution in [2.45, 2.75) is 52.7 Å². The van der Waals surface area contributed by atoms with Gasteiger partial charge in [0.25, 0.3) is 0 Å². The van der Waals surface area contributed by atoms with Crippen LogP contribution in [0.1, 0.15) is 40.2 Å². The Kier molecular flexibility index (Phi) is 5.49. The minimum atomic E-state index is -0.915. The summed E-state index contributed by atoms with van der Waals surface area (Å²) >= 11 is 0. The van der Waals surface area contributed by atoms with Crippen LogP contribution in [0, 0.1) is 0 Å². The van der Waals surface area contributed by atoms with E-state index in [4.69, 9.17) is 5.73 Å². The molecule has 2 amide bonds. The molecule has 0 bridgehead atoms. The molecule has 0 spiro atoms. The summed E-state index contributed by atoms with van der Waals surface area (Å²) in [5, 5.41) is 2.76. The molecule has 3 N–H and O–H groups in total. The maximum atomic E-state index is 11.8. The quantitative estimate of drug-likeness (QED) is 0.872. The largest absolute Gasteiger partial charge is 0.336 e. The lowest BCUT2D eigenvalue weighted by Crippen LogP contribution is -2.45. The van der Waals surface area contributed by atoms with Crippen LogP contribution >= 0.6 is 0 Å². The first-order valence-electron chi connectivity index (χ1n) is 7.07. The van der Waals surface area contributed by atoms with Crippen molar-refractivity contribution in [3.05, 3.63) is 29.8 Å². The fourth-order valence-electron chi connectivity index (χ4n) is 1.84. The Balaban J connectivity index is 2.74. The zero-order chi connectivity index (χ0) is 16.2. The number of anilines is 1. The van der Waals surface area contributed by atoms with E-state index in [1.54, 1.807) is 25.7 Å². The van der Waals surface area contributed by atoms with Crippen LogP contribution < -0.4 is 11.1 Å². The van der Waals surface area contributed by atoms with Crippen molar-refractivity contribution < 1.29 is 9.59 Å². The van der Waals surface area contributed by atoms with Crippen molar-refractivity contribution in [3.8, 4) is 0 Å². The van der Waals surface area contributed by atoms with Gasteiger partial charge in [-0.3, -0.25) is 9.59 Å². The predicted octanol–water partition coefficient (Wildman–Crippen LogP) is 2.12. The molecule has 5 heteroatoms. The third kappa shape index (κ3) is 5.19. The van der Waals surface area contributed by atoms with Gasteiger partial charge in [-0.1, -0.05) is 12.1 Å². The molecule has 0 heterocycles. The number of benzene rings is 1. The molecule has 0 aliphatic rings. The van der Waals surface area contributed by atoms with Crippen LogP contribution in [0.2, 0.25) is 0 Å². The van der Waals surface area contributed by atoms with Gasteiger partial charge in [-0.2, -0.15) is 0 Å². The topological polar surface area (TPSA) is 75.4 Å². The van der Waals surface area contributed by atoms with Crippen molar-refractivity contribution in [2.24, 2.45) is 5.73 Å². The molecule has 0 aliphatic carbocycles. The van der Waals surface area contributed by atoms with Gasteiger partial charge in [-0.25, -0.2) is 0 Å². The molecule has 1 aromatic carbocycles.